The second kappa shape index (κ2) is 13.5. The van der Waals surface area contributed by atoms with Crippen LogP contribution in [0.3, 0.4) is 0 Å². The smallest absolute Gasteiger partial charge is 0.232 e. The highest BCUT2D eigenvalue weighted by Crippen LogP contribution is 2.49. The van der Waals surface area contributed by atoms with Gasteiger partial charge in [-0.3, -0.25) is 0 Å². The number of hydrogen-bond acceptors (Lipinski definition) is 10. The Bertz CT molecular complexity index is 2120. The minimum absolute atomic E-state index is 0.106. The topological polar surface area (TPSA) is 120 Å². The van der Waals surface area contributed by atoms with Crippen LogP contribution in [0.25, 0.3) is 11.4 Å². The summed E-state index contributed by atoms with van der Waals surface area (Å²) in [6, 6.07) is 13.8. The first kappa shape index (κ1) is 33.7. The molecule has 12 nitrogen and oxygen atoms in total. The quantitative estimate of drug-likeness (QED) is 0.149. The van der Waals surface area contributed by atoms with Crippen LogP contribution in [0.2, 0.25) is 0 Å². The van der Waals surface area contributed by atoms with Crippen molar-refractivity contribution >= 4 is 33.1 Å². The zero-order valence-electron chi connectivity index (χ0n) is 28.9. The van der Waals surface area contributed by atoms with Gasteiger partial charge in [0.1, 0.15) is 28.8 Å². The summed E-state index contributed by atoms with van der Waals surface area (Å²) in [6.07, 6.45) is 9.44. The molecule has 262 valence electrons. The monoisotopic (exact) mass is 700 g/mol. The van der Waals surface area contributed by atoms with Gasteiger partial charge >= 0.3 is 0 Å². The van der Waals surface area contributed by atoms with Crippen molar-refractivity contribution in [2.24, 2.45) is 7.05 Å². The Kier molecular flexibility index (Phi) is 9.07. The van der Waals surface area contributed by atoms with Gasteiger partial charge in [-0.15, -0.1) is 0 Å². The molecule has 1 saturated carbocycles. The van der Waals surface area contributed by atoms with Crippen molar-refractivity contribution in [3.05, 3.63) is 83.7 Å². The number of methoxy groups -OCH3 is 1. The van der Waals surface area contributed by atoms with E-state index < -0.39 is 15.7 Å². The number of aryl methyl sites for hydroxylation is 2. The molecular weight excluding hydrogens is 660 g/mol. The van der Waals surface area contributed by atoms with Crippen LogP contribution in [-0.2, 0) is 28.2 Å². The summed E-state index contributed by atoms with van der Waals surface area (Å²) in [4.78, 5) is 18.4. The van der Waals surface area contributed by atoms with E-state index in [1.807, 2.05) is 59.7 Å². The van der Waals surface area contributed by atoms with Crippen molar-refractivity contribution in [1.29, 1.82) is 0 Å². The summed E-state index contributed by atoms with van der Waals surface area (Å²) in [6.45, 7) is 3.14. The molecule has 0 radical (unpaired) electrons. The van der Waals surface area contributed by atoms with E-state index in [1.165, 1.54) is 12.1 Å². The molecule has 14 heteroatoms. The molecule has 0 spiro atoms. The van der Waals surface area contributed by atoms with E-state index >= 15 is 4.39 Å². The fourth-order valence-corrected chi connectivity index (χ4v) is 7.00. The van der Waals surface area contributed by atoms with Gasteiger partial charge in [-0.05, 0) is 80.8 Å². The molecule has 5 aromatic rings. The first-order chi connectivity index (χ1) is 24.0. The van der Waals surface area contributed by atoms with Crippen LogP contribution in [0.15, 0.2) is 66.0 Å². The highest BCUT2D eigenvalue weighted by atomic mass is 32.2. The van der Waals surface area contributed by atoms with E-state index in [9.17, 15) is 8.42 Å². The minimum Gasteiger partial charge on any atom is -0.497 e. The number of nitrogens with zero attached hydrogens (tertiary/aromatic N) is 8. The van der Waals surface area contributed by atoms with E-state index in [0.717, 1.165) is 67.0 Å². The molecular formula is C36H41FN8O4S. The molecule has 0 N–H and O–H groups in total. The minimum atomic E-state index is -3.61. The Morgan fingerprint density at radius 2 is 1.84 bits per heavy atom. The highest BCUT2D eigenvalue weighted by Gasteiger charge is 2.36. The third kappa shape index (κ3) is 6.81. The van der Waals surface area contributed by atoms with Crippen LogP contribution in [0.1, 0.15) is 61.1 Å². The Morgan fingerprint density at radius 3 is 2.46 bits per heavy atom. The van der Waals surface area contributed by atoms with E-state index in [1.54, 1.807) is 25.4 Å². The molecule has 2 aromatic carbocycles. The normalized spacial score (nSPS) is 16.4. The van der Waals surface area contributed by atoms with Crippen molar-refractivity contribution in [1.82, 2.24) is 29.3 Å². The third-order valence-corrected chi connectivity index (χ3v) is 10.3. The molecule has 1 aliphatic carbocycles. The van der Waals surface area contributed by atoms with Gasteiger partial charge in [-0.1, -0.05) is 12.1 Å². The molecule has 1 aliphatic heterocycles. The van der Waals surface area contributed by atoms with Crippen LogP contribution in [0.5, 0.6) is 5.75 Å². The largest absolute Gasteiger partial charge is 0.497 e. The van der Waals surface area contributed by atoms with Gasteiger partial charge in [0, 0.05) is 50.5 Å². The van der Waals surface area contributed by atoms with Crippen molar-refractivity contribution < 1.29 is 22.3 Å². The lowest BCUT2D eigenvalue weighted by Gasteiger charge is -2.28. The van der Waals surface area contributed by atoms with Gasteiger partial charge in [0.25, 0.3) is 0 Å². The molecule has 50 heavy (non-hydrogen) atoms. The second-order valence-corrected chi connectivity index (χ2v) is 15.1. The molecule has 1 saturated heterocycles. The van der Waals surface area contributed by atoms with Crippen LogP contribution < -0.4 is 14.5 Å². The lowest BCUT2D eigenvalue weighted by molar-refractivity contribution is -0.0405. The number of hydrogen-bond donors (Lipinski definition) is 0. The van der Waals surface area contributed by atoms with E-state index in [0.29, 0.717) is 36.2 Å². The van der Waals surface area contributed by atoms with E-state index in [2.05, 4.69) is 9.88 Å². The molecule has 0 amide bonds. The Morgan fingerprint density at radius 1 is 1.06 bits per heavy atom. The molecule has 2 aliphatic rings. The summed E-state index contributed by atoms with van der Waals surface area (Å²) < 4.78 is 55.4. The number of anilines is 4. The Balaban J connectivity index is 1.42. The highest BCUT2D eigenvalue weighted by molar-refractivity contribution is 7.90. The number of benzene rings is 2. The maximum atomic E-state index is 15.6. The Hall–Kier alpha value is -4.82. The van der Waals surface area contributed by atoms with Crippen molar-refractivity contribution in [2.75, 3.05) is 36.8 Å². The summed E-state index contributed by atoms with van der Waals surface area (Å²) in [5.74, 6) is 1.79. The standard InChI is InChI=1S/C36H41FN8O4S/c1-23-18-31(41-45(23)32-8-6-7-17-49-32)44(20-24-9-13-26(48-4)14-10-24)35-33(25-11-12-25)34(29-21-42(2)22-38-29)39-36(40-35)43(3)30-16-15-27(19-28(30)37)50(5,46)47/h9-10,13-16,18-19,21-22,25,32H,6-8,11-12,17,20H2,1-5H3. The average Bonchev–Trinajstić information content (AvgIpc) is 3.74. The van der Waals surface area contributed by atoms with Gasteiger partial charge in [0.05, 0.1) is 30.6 Å². The van der Waals surface area contributed by atoms with Gasteiger partial charge < -0.3 is 23.8 Å². The molecule has 4 heterocycles. The number of halogens is 1. The lowest BCUT2D eigenvalue weighted by atomic mass is 10.1. The maximum Gasteiger partial charge on any atom is 0.232 e. The van der Waals surface area contributed by atoms with Gasteiger partial charge in [-0.2, -0.15) is 10.1 Å². The van der Waals surface area contributed by atoms with E-state index in [4.69, 9.17) is 24.5 Å². The Labute approximate surface area is 291 Å². The summed E-state index contributed by atoms with van der Waals surface area (Å²) in [5, 5.41) is 5.13. The third-order valence-electron chi connectivity index (χ3n) is 9.23. The maximum absolute atomic E-state index is 15.6. The second-order valence-electron chi connectivity index (χ2n) is 13.1. The van der Waals surface area contributed by atoms with Gasteiger partial charge in [0.15, 0.2) is 21.9 Å². The van der Waals surface area contributed by atoms with Crippen molar-refractivity contribution in [2.45, 2.75) is 62.6 Å². The predicted molar refractivity (Wildman–Crippen MR) is 188 cm³/mol. The molecule has 7 rings (SSSR count). The fraction of sp³-hybridized carbons (Fsp3) is 0.389. The number of ether oxygens (including phenoxy) is 2. The zero-order valence-corrected chi connectivity index (χ0v) is 29.7. The summed E-state index contributed by atoms with van der Waals surface area (Å²) in [5.41, 5.74) is 4.36. The molecule has 3 aromatic heterocycles. The van der Waals surface area contributed by atoms with Crippen LogP contribution >= 0.6 is 0 Å². The van der Waals surface area contributed by atoms with Crippen molar-refractivity contribution in [3.63, 3.8) is 0 Å². The summed E-state index contributed by atoms with van der Waals surface area (Å²) in [7, 11) is 1.61. The molecule has 1 unspecified atom stereocenters. The van der Waals surface area contributed by atoms with Crippen molar-refractivity contribution in [3.8, 4) is 17.1 Å². The molecule has 0 bridgehead atoms. The lowest BCUT2D eigenvalue weighted by Crippen LogP contribution is -2.24. The summed E-state index contributed by atoms with van der Waals surface area (Å²) >= 11 is 0. The number of imidazole rings is 1. The van der Waals surface area contributed by atoms with Gasteiger partial charge in [-0.25, -0.2) is 27.5 Å². The number of sulfone groups is 1. The van der Waals surface area contributed by atoms with Crippen LogP contribution in [0, 0.1) is 12.7 Å². The fourth-order valence-electron chi connectivity index (χ4n) is 6.37. The molecule has 2 fully saturated rings. The van der Waals surface area contributed by atoms with E-state index in [-0.39, 0.29) is 28.7 Å². The zero-order chi connectivity index (χ0) is 35.2. The SMILES string of the molecule is COc1ccc(CN(c2cc(C)n(C3CCCCO3)n2)c2nc(N(C)c3ccc(S(C)(=O)=O)cc3F)nc(-c3cn(C)cn3)c2C2CC2)cc1. The first-order valence-corrected chi connectivity index (χ1v) is 18.6. The first-order valence-electron chi connectivity index (χ1n) is 16.7. The average molecular weight is 701 g/mol. The predicted octanol–water partition coefficient (Wildman–Crippen LogP) is 6.62. The van der Waals surface area contributed by atoms with Crippen LogP contribution in [0.4, 0.5) is 27.7 Å². The number of rotatable bonds is 11. The number of aromatic nitrogens is 6. The molecule has 1 atom stereocenters. The van der Waals surface area contributed by atoms with Gasteiger partial charge in [0.2, 0.25) is 5.95 Å². The van der Waals surface area contributed by atoms with Crippen LogP contribution in [-0.4, -0.2) is 64.7 Å².